The molecule has 6 nitrogen and oxygen atoms in total. The molecule has 2 aromatic carbocycles. The van der Waals surface area contributed by atoms with Gasteiger partial charge in [0, 0.05) is 34.0 Å². The summed E-state index contributed by atoms with van der Waals surface area (Å²) in [6.45, 7) is 2.80. The molecule has 0 bridgehead atoms. The highest BCUT2D eigenvalue weighted by molar-refractivity contribution is 9.10. The van der Waals surface area contributed by atoms with E-state index in [1.165, 1.54) is 0 Å². The Kier molecular flexibility index (Phi) is 4.93. The fraction of sp³-hybridized carbons (Fsp3) is 0.238. The first-order valence-electron chi connectivity index (χ1n) is 9.27. The molecule has 8 heteroatoms. The Hall–Kier alpha value is -2.16. The predicted octanol–water partition coefficient (Wildman–Crippen LogP) is 4.91. The molecule has 0 spiro atoms. The van der Waals surface area contributed by atoms with Crippen molar-refractivity contribution in [3.63, 3.8) is 0 Å². The van der Waals surface area contributed by atoms with E-state index in [0.29, 0.717) is 36.9 Å². The number of benzene rings is 2. The fourth-order valence-corrected chi connectivity index (χ4v) is 4.39. The number of hydrogen-bond donors (Lipinski definition) is 1. The van der Waals surface area contributed by atoms with Crippen LogP contribution in [0.25, 0.3) is 11.4 Å². The molecule has 5 rings (SSSR count). The van der Waals surface area contributed by atoms with Gasteiger partial charge in [-0.15, -0.1) is 0 Å². The van der Waals surface area contributed by atoms with E-state index in [1.807, 2.05) is 18.2 Å². The maximum absolute atomic E-state index is 10.4. The molecule has 0 radical (unpaired) electrons. The maximum Gasteiger partial charge on any atom is 0.228 e. The SMILES string of the molecule is Oc1ccc(Br)cc1-c1nc2c(c(N3CCOCC3)n1)Cc1cc(Br)ccc1O2. The maximum atomic E-state index is 10.4. The van der Waals surface area contributed by atoms with Crippen molar-refractivity contribution in [3.8, 4) is 28.8 Å². The Labute approximate surface area is 184 Å². The largest absolute Gasteiger partial charge is 0.507 e. The highest BCUT2D eigenvalue weighted by Gasteiger charge is 2.28. The Balaban J connectivity index is 1.67. The molecule has 0 aliphatic carbocycles. The zero-order chi connectivity index (χ0) is 20.0. The van der Waals surface area contributed by atoms with Crippen LogP contribution in [0.5, 0.6) is 17.4 Å². The third-order valence-electron chi connectivity index (χ3n) is 5.05. The first-order valence-corrected chi connectivity index (χ1v) is 10.9. The molecule has 2 aliphatic rings. The van der Waals surface area contributed by atoms with Crippen molar-refractivity contribution in [2.75, 3.05) is 31.2 Å². The van der Waals surface area contributed by atoms with Gasteiger partial charge in [-0.2, -0.15) is 4.98 Å². The molecule has 0 atom stereocenters. The smallest absolute Gasteiger partial charge is 0.228 e. The van der Waals surface area contributed by atoms with Crippen LogP contribution in [0.15, 0.2) is 45.3 Å². The molecule has 1 saturated heterocycles. The average molecular weight is 519 g/mol. The van der Waals surface area contributed by atoms with Crippen molar-refractivity contribution in [1.82, 2.24) is 9.97 Å². The van der Waals surface area contributed by atoms with Crippen LogP contribution in [0.2, 0.25) is 0 Å². The molecular formula is C21H17Br2N3O3. The normalized spacial score (nSPS) is 15.4. The number of nitrogens with zero attached hydrogens (tertiary/aromatic N) is 3. The van der Waals surface area contributed by atoms with Gasteiger partial charge in [0.05, 0.1) is 24.3 Å². The lowest BCUT2D eigenvalue weighted by Gasteiger charge is -2.31. The molecule has 1 aromatic heterocycles. The molecule has 0 amide bonds. The molecule has 3 heterocycles. The van der Waals surface area contributed by atoms with Crippen LogP contribution in [-0.2, 0) is 11.2 Å². The lowest BCUT2D eigenvalue weighted by molar-refractivity contribution is 0.122. The first kappa shape index (κ1) is 18.8. The number of halogens is 2. The number of anilines is 1. The molecule has 0 saturated carbocycles. The summed E-state index contributed by atoms with van der Waals surface area (Å²) in [5.74, 6) is 2.71. The standard InChI is InChI=1S/C21H17Br2N3O3/c22-13-2-4-18-12(9-13)10-16-20(26-5-7-28-8-6-26)24-19(25-21(16)29-18)15-11-14(23)1-3-17(15)27/h1-4,9,11,27H,5-8,10H2. The number of phenolic OH excluding ortho intramolecular Hbond substituents is 1. The molecule has 3 aromatic rings. The second-order valence-corrected chi connectivity index (χ2v) is 8.78. The van der Waals surface area contributed by atoms with Gasteiger partial charge in [0.25, 0.3) is 0 Å². The third-order valence-corrected chi connectivity index (χ3v) is 6.04. The minimum atomic E-state index is 0.126. The van der Waals surface area contributed by atoms with E-state index in [1.54, 1.807) is 12.1 Å². The van der Waals surface area contributed by atoms with E-state index in [-0.39, 0.29) is 5.75 Å². The van der Waals surface area contributed by atoms with Crippen LogP contribution >= 0.6 is 31.9 Å². The number of ether oxygens (including phenoxy) is 2. The van der Waals surface area contributed by atoms with E-state index in [9.17, 15) is 5.11 Å². The summed E-state index contributed by atoms with van der Waals surface area (Å²) in [6.07, 6.45) is 0.682. The Morgan fingerprint density at radius 2 is 1.72 bits per heavy atom. The summed E-state index contributed by atoms with van der Waals surface area (Å²) >= 11 is 7.00. The minimum absolute atomic E-state index is 0.126. The van der Waals surface area contributed by atoms with Gasteiger partial charge in [-0.1, -0.05) is 31.9 Å². The highest BCUT2D eigenvalue weighted by atomic mass is 79.9. The predicted molar refractivity (Wildman–Crippen MR) is 117 cm³/mol. The number of morpholine rings is 1. The third kappa shape index (κ3) is 3.60. The first-order chi connectivity index (χ1) is 14.1. The monoisotopic (exact) mass is 517 g/mol. The van der Waals surface area contributed by atoms with Crippen molar-refractivity contribution < 1.29 is 14.6 Å². The molecule has 1 N–H and O–H groups in total. The lowest BCUT2D eigenvalue weighted by Crippen LogP contribution is -2.37. The summed E-state index contributed by atoms with van der Waals surface area (Å²) < 4.78 is 13.5. The lowest BCUT2D eigenvalue weighted by atomic mass is 10.0. The van der Waals surface area contributed by atoms with Crippen LogP contribution in [0.3, 0.4) is 0 Å². The quantitative estimate of drug-likeness (QED) is 0.407. The van der Waals surface area contributed by atoms with E-state index >= 15 is 0 Å². The van der Waals surface area contributed by atoms with Crippen LogP contribution in [0.1, 0.15) is 11.1 Å². The van der Waals surface area contributed by atoms with Gasteiger partial charge < -0.3 is 19.5 Å². The fourth-order valence-electron chi connectivity index (χ4n) is 3.62. The molecule has 1 fully saturated rings. The number of phenols is 1. The zero-order valence-corrected chi connectivity index (χ0v) is 18.5. The van der Waals surface area contributed by atoms with E-state index in [2.05, 4.69) is 47.8 Å². The number of fused-ring (bicyclic) bond motifs is 2. The van der Waals surface area contributed by atoms with Crippen molar-refractivity contribution in [3.05, 3.63) is 56.5 Å². The zero-order valence-electron chi connectivity index (χ0n) is 15.4. The highest BCUT2D eigenvalue weighted by Crippen LogP contribution is 2.42. The molecule has 148 valence electrons. The van der Waals surface area contributed by atoms with Gasteiger partial charge in [0.15, 0.2) is 5.82 Å². The van der Waals surface area contributed by atoms with Crippen LogP contribution < -0.4 is 9.64 Å². The van der Waals surface area contributed by atoms with Gasteiger partial charge in [0.2, 0.25) is 5.88 Å². The molecule has 0 unspecified atom stereocenters. The van der Waals surface area contributed by atoms with E-state index < -0.39 is 0 Å². The summed E-state index contributed by atoms with van der Waals surface area (Å²) in [6, 6.07) is 11.2. The second kappa shape index (κ2) is 7.59. The molecule has 2 aliphatic heterocycles. The topological polar surface area (TPSA) is 67.7 Å². The van der Waals surface area contributed by atoms with Crippen molar-refractivity contribution in [2.24, 2.45) is 0 Å². The second-order valence-electron chi connectivity index (χ2n) is 6.95. The summed E-state index contributed by atoms with van der Waals surface area (Å²) in [5, 5.41) is 10.4. The number of hydrogen-bond acceptors (Lipinski definition) is 6. The summed E-state index contributed by atoms with van der Waals surface area (Å²) in [7, 11) is 0. The summed E-state index contributed by atoms with van der Waals surface area (Å²) in [5.41, 5.74) is 2.60. The van der Waals surface area contributed by atoms with Gasteiger partial charge in [-0.25, -0.2) is 4.98 Å². The Bertz CT molecular complexity index is 1100. The van der Waals surface area contributed by atoms with E-state index in [4.69, 9.17) is 14.5 Å². The van der Waals surface area contributed by atoms with E-state index in [0.717, 1.165) is 44.7 Å². The van der Waals surface area contributed by atoms with Gasteiger partial charge in [-0.05, 0) is 36.4 Å². The van der Waals surface area contributed by atoms with Crippen LogP contribution in [0, 0.1) is 0 Å². The van der Waals surface area contributed by atoms with Crippen molar-refractivity contribution in [2.45, 2.75) is 6.42 Å². The minimum Gasteiger partial charge on any atom is -0.507 e. The van der Waals surface area contributed by atoms with Gasteiger partial charge >= 0.3 is 0 Å². The Morgan fingerprint density at radius 3 is 2.55 bits per heavy atom. The van der Waals surface area contributed by atoms with Crippen LogP contribution in [-0.4, -0.2) is 41.4 Å². The van der Waals surface area contributed by atoms with Gasteiger partial charge in [-0.3, -0.25) is 0 Å². The molecular weight excluding hydrogens is 502 g/mol. The molecule has 29 heavy (non-hydrogen) atoms. The van der Waals surface area contributed by atoms with Crippen molar-refractivity contribution >= 4 is 37.7 Å². The average Bonchev–Trinajstić information content (AvgIpc) is 2.74. The number of aromatic nitrogens is 2. The Morgan fingerprint density at radius 1 is 0.966 bits per heavy atom. The number of rotatable bonds is 2. The van der Waals surface area contributed by atoms with Gasteiger partial charge in [0.1, 0.15) is 17.3 Å². The summed E-state index contributed by atoms with van der Waals surface area (Å²) in [4.78, 5) is 11.7. The number of aromatic hydroxyl groups is 1. The van der Waals surface area contributed by atoms with Crippen LogP contribution in [0.4, 0.5) is 5.82 Å². The van der Waals surface area contributed by atoms with Crippen molar-refractivity contribution in [1.29, 1.82) is 0 Å².